The Bertz CT molecular complexity index is 680. The van der Waals surface area contributed by atoms with Crippen LogP contribution in [0.2, 0.25) is 0 Å². The first kappa shape index (κ1) is 15.6. The maximum Gasteiger partial charge on any atom is 0.265 e. The third kappa shape index (κ3) is 4.11. The summed E-state index contributed by atoms with van der Waals surface area (Å²) in [7, 11) is 0. The number of aliphatic hydroxyl groups is 1. The summed E-state index contributed by atoms with van der Waals surface area (Å²) >= 11 is 2.64. The first-order valence-corrected chi connectivity index (χ1v) is 8.04. The second kappa shape index (κ2) is 7.31. The zero-order valence-electron chi connectivity index (χ0n) is 11.7. The summed E-state index contributed by atoms with van der Waals surface area (Å²) in [6.07, 6.45) is 0. The van der Waals surface area contributed by atoms with Gasteiger partial charge in [0.25, 0.3) is 5.91 Å². The lowest BCUT2D eigenvalue weighted by atomic mass is 10.1. The molecule has 0 spiro atoms. The van der Waals surface area contributed by atoms with Crippen LogP contribution in [0.1, 0.15) is 45.6 Å². The first-order chi connectivity index (χ1) is 10.1. The molecule has 5 nitrogen and oxygen atoms in total. The Balaban J connectivity index is 1.98. The number of thiophene rings is 1. The van der Waals surface area contributed by atoms with Crippen LogP contribution in [-0.4, -0.2) is 27.2 Å². The second-order valence-corrected chi connectivity index (χ2v) is 6.34. The van der Waals surface area contributed by atoms with E-state index in [0.717, 1.165) is 27.7 Å². The van der Waals surface area contributed by atoms with Gasteiger partial charge in [-0.05, 0) is 23.5 Å². The summed E-state index contributed by atoms with van der Waals surface area (Å²) in [6, 6.07) is 1.90. The lowest BCUT2D eigenvalue weighted by Gasteiger charge is -2.04. The van der Waals surface area contributed by atoms with Crippen molar-refractivity contribution in [3.05, 3.63) is 32.5 Å². The minimum Gasteiger partial charge on any atom is -0.384 e. The molecule has 0 aliphatic rings. The normalized spacial score (nSPS) is 10.3. The number of carbonyl (C=O) groups excluding carboxylic acids is 1. The number of nitrogens with zero attached hydrogens (tertiary/aromatic N) is 2. The fraction of sp³-hybridized carbons (Fsp3) is 0.357. The largest absolute Gasteiger partial charge is 0.384 e. The molecule has 0 saturated carbocycles. The summed E-state index contributed by atoms with van der Waals surface area (Å²) in [5.41, 5.74) is 1.58. The minimum atomic E-state index is -0.154. The van der Waals surface area contributed by atoms with E-state index in [0.29, 0.717) is 11.4 Å². The molecule has 0 atom stereocenters. The average molecular weight is 321 g/mol. The van der Waals surface area contributed by atoms with Gasteiger partial charge < -0.3 is 10.4 Å². The maximum absolute atomic E-state index is 12.1. The summed E-state index contributed by atoms with van der Waals surface area (Å²) in [5, 5.41) is 17.4. The highest BCUT2D eigenvalue weighted by Crippen LogP contribution is 2.20. The Morgan fingerprint density at radius 2 is 2.33 bits per heavy atom. The van der Waals surface area contributed by atoms with Gasteiger partial charge in [-0.25, -0.2) is 0 Å². The fourth-order valence-corrected chi connectivity index (χ4v) is 3.15. The van der Waals surface area contributed by atoms with Crippen molar-refractivity contribution in [1.82, 2.24) is 14.9 Å². The van der Waals surface area contributed by atoms with Crippen LogP contribution in [-0.2, 0) is 6.54 Å². The van der Waals surface area contributed by atoms with Crippen molar-refractivity contribution in [2.45, 2.75) is 26.3 Å². The summed E-state index contributed by atoms with van der Waals surface area (Å²) < 4.78 is 3.85. The van der Waals surface area contributed by atoms with Gasteiger partial charge in [0.05, 0.1) is 12.2 Å². The average Bonchev–Trinajstić information content (AvgIpc) is 3.11. The van der Waals surface area contributed by atoms with E-state index in [1.807, 2.05) is 25.3 Å². The van der Waals surface area contributed by atoms with Gasteiger partial charge in [0, 0.05) is 15.8 Å². The van der Waals surface area contributed by atoms with Crippen molar-refractivity contribution in [3.8, 4) is 11.8 Å². The van der Waals surface area contributed by atoms with Crippen molar-refractivity contribution < 1.29 is 9.90 Å². The maximum atomic E-state index is 12.1. The Kier molecular flexibility index (Phi) is 5.44. The molecule has 2 aromatic rings. The van der Waals surface area contributed by atoms with E-state index in [9.17, 15) is 4.79 Å². The lowest BCUT2D eigenvalue weighted by Crippen LogP contribution is -2.22. The van der Waals surface area contributed by atoms with Crippen molar-refractivity contribution in [2.24, 2.45) is 0 Å². The molecule has 7 heteroatoms. The van der Waals surface area contributed by atoms with Crippen molar-refractivity contribution >= 4 is 28.8 Å². The second-order valence-electron chi connectivity index (χ2n) is 4.59. The summed E-state index contributed by atoms with van der Waals surface area (Å²) in [5.74, 6) is 5.45. The molecule has 110 valence electrons. The highest BCUT2D eigenvalue weighted by atomic mass is 32.1. The van der Waals surface area contributed by atoms with Crippen LogP contribution in [0.3, 0.4) is 0 Å². The van der Waals surface area contributed by atoms with Gasteiger partial charge in [0.15, 0.2) is 0 Å². The van der Waals surface area contributed by atoms with E-state index in [-0.39, 0.29) is 18.4 Å². The van der Waals surface area contributed by atoms with E-state index in [1.165, 1.54) is 11.3 Å². The zero-order valence-corrected chi connectivity index (χ0v) is 13.3. The lowest BCUT2D eigenvalue weighted by molar-refractivity contribution is 0.0954. The van der Waals surface area contributed by atoms with Crippen molar-refractivity contribution in [2.75, 3.05) is 6.61 Å². The Morgan fingerprint density at radius 1 is 1.52 bits per heavy atom. The molecule has 0 saturated heterocycles. The SMILES string of the molecule is CC(C)c1nnsc1C(=O)NCc1cc(C#CCO)cs1. The predicted molar refractivity (Wildman–Crippen MR) is 83.5 cm³/mol. The topological polar surface area (TPSA) is 75.1 Å². The molecule has 1 amide bonds. The molecule has 0 unspecified atom stereocenters. The molecular formula is C14H15N3O2S2. The number of carbonyl (C=O) groups is 1. The number of nitrogens with one attached hydrogen (secondary N) is 1. The third-order valence-corrected chi connectivity index (χ3v) is 4.33. The van der Waals surface area contributed by atoms with Crippen LogP contribution in [0.25, 0.3) is 0 Å². The van der Waals surface area contributed by atoms with Crippen LogP contribution in [0.5, 0.6) is 0 Å². The number of aromatic nitrogens is 2. The Hall–Kier alpha value is -1.75. The van der Waals surface area contributed by atoms with Crippen molar-refractivity contribution in [1.29, 1.82) is 0 Å². The predicted octanol–water partition coefficient (Wildman–Crippen LogP) is 2.00. The van der Waals surface area contributed by atoms with Gasteiger partial charge in [0.2, 0.25) is 0 Å². The van der Waals surface area contributed by atoms with Gasteiger partial charge >= 0.3 is 0 Å². The van der Waals surface area contributed by atoms with E-state index >= 15 is 0 Å². The van der Waals surface area contributed by atoms with Gasteiger partial charge in [-0.3, -0.25) is 4.79 Å². The smallest absolute Gasteiger partial charge is 0.265 e. The standard InChI is InChI=1S/C14H15N3O2S2/c1-9(2)12-13(21-17-16-12)14(19)15-7-11-6-10(8-20-11)4-3-5-18/h6,8-9,18H,5,7H2,1-2H3,(H,15,19). The minimum absolute atomic E-state index is 0.148. The third-order valence-electron chi connectivity index (χ3n) is 2.66. The quantitative estimate of drug-likeness (QED) is 0.845. The number of rotatable bonds is 4. The molecule has 0 bridgehead atoms. The Labute approximate surface area is 131 Å². The van der Waals surface area contributed by atoms with E-state index in [2.05, 4.69) is 26.7 Å². The molecule has 2 rings (SSSR count). The van der Waals surface area contributed by atoms with Crippen LogP contribution in [0, 0.1) is 11.8 Å². The molecule has 2 aromatic heterocycles. The van der Waals surface area contributed by atoms with Crippen LogP contribution < -0.4 is 5.32 Å². The van der Waals surface area contributed by atoms with Crippen LogP contribution in [0.15, 0.2) is 11.4 Å². The first-order valence-electron chi connectivity index (χ1n) is 6.39. The van der Waals surface area contributed by atoms with E-state index in [1.54, 1.807) is 0 Å². The number of aliphatic hydroxyl groups excluding tert-OH is 1. The molecule has 0 aromatic carbocycles. The molecule has 2 heterocycles. The highest BCUT2D eigenvalue weighted by Gasteiger charge is 2.18. The molecule has 0 aliphatic carbocycles. The summed E-state index contributed by atoms with van der Waals surface area (Å²) in [4.78, 5) is 13.7. The van der Waals surface area contributed by atoms with Gasteiger partial charge in [0.1, 0.15) is 11.5 Å². The molecule has 0 radical (unpaired) electrons. The van der Waals surface area contributed by atoms with Crippen LogP contribution >= 0.6 is 22.9 Å². The highest BCUT2D eigenvalue weighted by molar-refractivity contribution is 7.10. The van der Waals surface area contributed by atoms with Gasteiger partial charge in [-0.2, -0.15) is 0 Å². The monoisotopic (exact) mass is 321 g/mol. The molecule has 21 heavy (non-hydrogen) atoms. The number of hydrogen-bond acceptors (Lipinski definition) is 6. The van der Waals surface area contributed by atoms with E-state index in [4.69, 9.17) is 5.11 Å². The summed E-state index contributed by atoms with van der Waals surface area (Å²) in [6.45, 7) is 4.26. The van der Waals surface area contributed by atoms with Gasteiger partial charge in [-0.1, -0.05) is 30.2 Å². The number of amides is 1. The van der Waals surface area contributed by atoms with E-state index < -0.39 is 0 Å². The number of hydrogen-bond donors (Lipinski definition) is 2. The Morgan fingerprint density at radius 3 is 3.05 bits per heavy atom. The van der Waals surface area contributed by atoms with Crippen LogP contribution in [0.4, 0.5) is 0 Å². The molecule has 0 fully saturated rings. The van der Waals surface area contributed by atoms with Gasteiger partial charge in [-0.15, -0.1) is 16.4 Å². The zero-order chi connectivity index (χ0) is 15.2. The molecule has 0 aliphatic heterocycles. The molecule has 2 N–H and O–H groups in total. The van der Waals surface area contributed by atoms with Crippen molar-refractivity contribution in [3.63, 3.8) is 0 Å². The molecular weight excluding hydrogens is 306 g/mol. The fourth-order valence-electron chi connectivity index (χ4n) is 1.66.